The number of hydrogen-bond acceptors (Lipinski definition) is 1. The molecule has 0 saturated carbocycles. The Hall–Kier alpha value is -1.67. The summed E-state index contributed by atoms with van der Waals surface area (Å²) in [7, 11) is 0. The molecule has 2 rings (SSSR count). The number of benzene rings is 2. The highest BCUT2D eigenvalue weighted by molar-refractivity contribution is 5.34. The largest absolute Gasteiger partial charge is 0.388 e. The minimum absolute atomic E-state index is 0.246. The zero-order valence-electron chi connectivity index (χ0n) is 12.1. The standard InChI is InChI=1S/C18H21FO/c1-3-14-7-8-16(12-15(14)4-2)18(20)11-13-5-9-17(19)10-6-13/h5-10,12,18,20H,3-4,11H2,1-2H3. The zero-order chi connectivity index (χ0) is 14.5. The molecule has 20 heavy (non-hydrogen) atoms. The van der Waals surface area contributed by atoms with Crippen molar-refractivity contribution in [2.24, 2.45) is 0 Å². The van der Waals surface area contributed by atoms with Crippen molar-refractivity contribution < 1.29 is 9.50 Å². The summed E-state index contributed by atoms with van der Waals surface area (Å²) in [6.07, 6.45) is 1.95. The lowest BCUT2D eigenvalue weighted by atomic mass is 9.95. The third-order valence-corrected chi connectivity index (χ3v) is 3.72. The van der Waals surface area contributed by atoms with Crippen LogP contribution in [0.2, 0.25) is 0 Å². The molecule has 0 aliphatic heterocycles. The summed E-state index contributed by atoms with van der Waals surface area (Å²) >= 11 is 0. The van der Waals surface area contributed by atoms with Gasteiger partial charge in [-0.1, -0.05) is 44.2 Å². The normalized spacial score (nSPS) is 12.4. The maximum Gasteiger partial charge on any atom is 0.123 e. The van der Waals surface area contributed by atoms with Crippen molar-refractivity contribution in [3.8, 4) is 0 Å². The first-order valence-corrected chi connectivity index (χ1v) is 7.18. The number of aliphatic hydroxyl groups is 1. The van der Waals surface area contributed by atoms with Crippen LogP contribution in [0.4, 0.5) is 4.39 Å². The number of rotatable bonds is 5. The molecular weight excluding hydrogens is 251 g/mol. The van der Waals surface area contributed by atoms with Crippen molar-refractivity contribution in [1.29, 1.82) is 0 Å². The highest BCUT2D eigenvalue weighted by Crippen LogP contribution is 2.22. The molecule has 2 aromatic rings. The summed E-state index contributed by atoms with van der Waals surface area (Å²) in [6, 6.07) is 12.5. The first kappa shape index (κ1) is 14.7. The number of aryl methyl sites for hydroxylation is 2. The summed E-state index contributed by atoms with van der Waals surface area (Å²) in [6.45, 7) is 4.27. The van der Waals surface area contributed by atoms with Gasteiger partial charge < -0.3 is 5.11 Å². The quantitative estimate of drug-likeness (QED) is 0.863. The third-order valence-electron chi connectivity index (χ3n) is 3.72. The summed E-state index contributed by atoms with van der Waals surface area (Å²) in [5.74, 6) is -0.246. The monoisotopic (exact) mass is 272 g/mol. The first-order chi connectivity index (χ1) is 9.63. The highest BCUT2D eigenvalue weighted by atomic mass is 19.1. The van der Waals surface area contributed by atoms with Gasteiger partial charge in [0.1, 0.15) is 5.82 Å². The molecule has 106 valence electrons. The van der Waals surface area contributed by atoms with Gasteiger partial charge in [-0.25, -0.2) is 4.39 Å². The van der Waals surface area contributed by atoms with Gasteiger partial charge in [-0.15, -0.1) is 0 Å². The zero-order valence-corrected chi connectivity index (χ0v) is 12.1. The van der Waals surface area contributed by atoms with Crippen LogP contribution < -0.4 is 0 Å². The second-order valence-corrected chi connectivity index (χ2v) is 5.08. The highest BCUT2D eigenvalue weighted by Gasteiger charge is 2.10. The minimum atomic E-state index is -0.545. The van der Waals surface area contributed by atoms with Crippen molar-refractivity contribution in [2.45, 2.75) is 39.2 Å². The molecule has 1 atom stereocenters. The molecule has 0 amide bonds. The van der Waals surface area contributed by atoms with Gasteiger partial charge in [0.05, 0.1) is 6.10 Å². The van der Waals surface area contributed by atoms with Crippen molar-refractivity contribution >= 4 is 0 Å². The van der Waals surface area contributed by atoms with Crippen LogP contribution in [0.25, 0.3) is 0 Å². The van der Waals surface area contributed by atoms with Crippen LogP contribution in [0, 0.1) is 5.82 Å². The topological polar surface area (TPSA) is 20.2 Å². The number of hydrogen-bond donors (Lipinski definition) is 1. The Morgan fingerprint density at radius 1 is 0.950 bits per heavy atom. The van der Waals surface area contributed by atoms with E-state index in [1.165, 1.54) is 23.3 Å². The van der Waals surface area contributed by atoms with Crippen molar-refractivity contribution in [3.05, 3.63) is 70.5 Å². The molecule has 0 aromatic heterocycles. The van der Waals surface area contributed by atoms with Gasteiger partial charge >= 0.3 is 0 Å². The molecule has 1 unspecified atom stereocenters. The van der Waals surface area contributed by atoms with Crippen LogP contribution in [0.3, 0.4) is 0 Å². The molecule has 2 aromatic carbocycles. The number of aliphatic hydroxyl groups excluding tert-OH is 1. The fraction of sp³-hybridized carbons (Fsp3) is 0.333. The number of halogens is 1. The molecule has 0 aliphatic rings. The fourth-order valence-corrected chi connectivity index (χ4v) is 2.49. The molecule has 0 fully saturated rings. The Kier molecular flexibility index (Phi) is 4.91. The predicted molar refractivity (Wildman–Crippen MR) is 80.3 cm³/mol. The van der Waals surface area contributed by atoms with Gasteiger partial charge in [-0.3, -0.25) is 0 Å². The second kappa shape index (κ2) is 6.67. The maximum atomic E-state index is 12.9. The van der Waals surface area contributed by atoms with Crippen molar-refractivity contribution in [2.75, 3.05) is 0 Å². The Morgan fingerprint density at radius 3 is 2.20 bits per heavy atom. The molecule has 0 spiro atoms. The predicted octanol–water partition coefficient (Wildman–Crippen LogP) is 4.23. The van der Waals surface area contributed by atoms with Crippen LogP contribution in [0.1, 0.15) is 42.2 Å². The van der Waals surface area contributed by atoms with Gasteiger partial charge in [0.2, 0.25) is 0 Å². The Bertz CT molecular complexity index is 560. The van der Waals surface area contributed by atoms with E-state index < -0.39 is 6.10 Å². The Labute approximate surface area is 120 Å². The van der Waals surface area contributed by atoms with Gasteiger partial charge in [0.15, 0.2) is 0 Å². The average molecular weight is 272 g/mol. The van der Waals surface area contributed by atoms with E-state index in [9.17, 15) is 9.50 Å². The second-order valence-electron chi connectivity index (χ2n) is 5.08. The van der Waals surface area contributed by atoms with Crippen LogP contribution in [0.5, 0.6) is 0 Å². The molecule has 0 saturated heterocycles. The van der Waals surface area contributed by atoms with E-state index in [1.54, 1.807) is 12.1 Å². The van der Waals surface area contributed by atoms with Crippen LogP contribution in [0.15, 0.2) is 42.5 Å². The molecule has 0 aliphatic carbocycles. The summed E-state index contributed by atoms with van der Waals surface area (Å²) in [5.41, 5.74) is 4.51. The maximum absolute atomic E-state index is 12.9. The Balaban J connectivity index is 2.16. The molecule has 0 heterocycles. The smallest absolute Gasteiger partial charge is 0.123 e. The summed E-state index contributed by atoms with van der Waals surface area (Å²) in [5, 5.41) is 10.3. The van der Waals surface area contributed by atoms with Gasteiger partial charge in [0.25, 0.3) is 0 Å². The van der Waals surface area contributed by atoms with E-state index in [-0.39, 0.29) is 5.82 Å². The lowest BCUT2D eigenvalue weighted by Gasteiger charge is -2.14. The van der Waals surface area contributed by atoms with E-state index in [4.69, 9.17) is 0 Å². The van der Waals surface area contributed by atoms with E-state index in [1.807, 2.05) is 6.07 Å². The molecule has 0 radical (unpaired) electrons. The van der Waals surface area contributed by atoms with Crippen LogP contribution in [-0.2, 0) is 19.3 Å². The van der Waals surface area contributed by atoms with Crippen LogP contribution in [-0.4, -0.2) is 5.11 Å². The molecule has 2 heteroatoms. The lowest BCUT2D eigenvalue weighted by molar-refractivity contribution is 0.178. The van der Waals surface area contributed by atoms with E-state index in [2.05, 4.69) is 26.0 Å². The Morgan fingerprint density at radius 2 is 1.60 bits per heavy atom. The summed E-state index contributed by atoms with van der Waals surface area (Å²) < 4.78 is 12.9. The van der Waals surface area contributed by atoms with Crippen molar-refractivity contribution in [3.63, 3.8) is 0 Å². The molecule has 0 bridgehead atoms. The minimum Gasteiger partial charge on any atom is -0.388 e. The lowest BCUT2D eigenvalue weighted by Crippen LogP contribution is -2.04. The molecular formula is C18H21FO. The van der Waals surface area contributed by atoms with Crippen LogP contribution >= 0.6 is 0 Å². The van der Waals surface area contributed by atoms with Gasteiger partial charge in [-0.2, -0.15) is 0 Å². The average Bonchev–Trinajstić information content (AvgIpc) is 2.48. The van der Waals surface area contributed by atoms with Crippen molar-refractivity contribution in [1.82, 2.24) is 0 Å². The van der Waals surface area contributed by atoms with E-state index >= 15 is 0 Å². The third kappa shape index (κ3) is 3.45. The SMILES string of the molecule is CCc1ccc(C(O)Cc2ccc(F)cc2)cc1CC. The molecule has 1 nitrogen and oxygen atoms in total. The fourth-order valence-electron chi connectivity index (χ4n) is 2.49. The van der Waals surface area contributed by atoms with Gasteiger partial charge in [0, 0.05) is 6.42 Å². The summed E-state index contributed by atoms with van der Waals surface area (Å²) in [4.78, 5) is 0. The van der Waals surface area contributed by atoms with E-state index in [0.717, 1.165) is 24.0 Å². The first-order valence-electron chi connectivity index (χ1n) is 7.18. The van der Waals surface area contributed by atoms with Gasteiger partial charge in [-0.05, 0) is 47.2 Å². The van der Waals surface area contributed by atoms with E-state index in [0.29, 0.717) is 6.42 Å². The molecule has 1 N–H and O–H groups in total.